The Morgan fingerprint density at radius 3 is 1.00 bits per heavy atom. The molecule has 0 aromatic carbocycles. The van der Waals surface area contributed by atoms with Crippen LogP contribution in [0.25, 0.3) is 0 Å². The van der Waals surface area contributed by atoms with E-state index in [4.69, 9.17) is 29.0 Å². The summed E-state index contributed by atoms with van der Waals surface area (Å²) in [6.45, 7) is 0. The summed E-state index contributed by atoms with van der Waals surface area (Å²) in [4.78, 5) is 37.0. The predicted octanol–water partition coefficient (Wildman–Crippen LogP) is -3.11. The first-order valence-corrected chi connectivity index (χ1v) is 6.14. The van der Waals surface area contributed by atoms with Gasteiger partial charge in [-0.25, -0.2) is 8.88 Å². The predicted molar refractivity (Wildman–Crippen MR) is 59.2 cm³/mol. The van der Waals surface area contributed by atoms with Crippen molar-refractivity contribution in [2.45, 2.75) is 0 Å². The van der Waals surface area contributed by atoms with Gasteiger partial charge in [0.25, 0.3) is 0 Å². The van der Waals surface area contributed by atoms with Crippen LogP contribution in [0.5, 0.6) is 0 Å². The zero-order valence-electron chi connectivity index (χ0n) is 5.32. The van der Waals surface area contributed by atoms with Crippen LogP contribution >= 0.6 is 24.3 Å². The van der Waals surface area contributed by atoms with Crippen molar-refractivity contribution in [3.8, 4) is 0 Å². The molecule has 0 rings (SSSR count). The molecule has 0 aliphatic rings. The van der Waals surface area contributed by atoms with E-state index >= 15 is 0 Å². The maximum atomic E-state index is 9.44. The second-order valence-corrected chi connectivity index (χ2v) is 4.05. The number of hydrogen-bond acceptors (Lipinski definition) is 4. The van der Waals surface area contributed by atoms with Crippen molar-refractivity contribution in [3.05, 3.63) is 0 Å². The van der Waals surface area contributed by atoms with Gasteiger partial charge in [0.15, 0.2) is 0 Å². The molecule has 9 nitrogen and oxygen atoms in total. The molecule has 15 heavy (non-hydrogen) atoms. The number of rotatable bonds is 2. The Balaban J connectivity index is -0.0000000383. The van der Waals surface area contributed by atoms with Crippen molar-refractivity contribution < 1.29 is 42.5 Å². The summed E-state index contributed by atoms with van der Waals surface area (Å²) in [6.07, 6.45) is 0. The van der Waals surface area contributed by atoms with E-state index in [1.807, 2.05) is 0 Å². The van der Waals surface area contributed by atoms with Gasteiger partial charge in [0.1, 0.15) is 0 Å². The van der Waals surface area contributed by atoms with Gasteiger partial charge in [0.05, 0.1) is 0 Å². The average Bonchev–Trinajstić information content (AvgIpc) is 1.52. The normalized spacial score (nSPS) is 12.6. The van der Waals surface area contributed by atoms with Gasteiger partial charge in [-0.05, 0) is 0 Å². The fourth-order valence-corrected chi connectivity index (χ4v) is 0.672. The van der Waals surface area contributed by atoms with E-state index in [2.05, 4.69) is 4.31 Å². The standard InChI is InChI=1S/3Na.H4O5P2.H3O4P.3H/c;;;1-6(2)5-7(3)4;1-5(2,3)4;;;/h;;;6-7H,(H,1,2)(H,3,4);(H3,1,2,3,4);;;. The quantitative estimate of drug-likeness (QED) is 0.262. The molecule has 0 radical (unpaired) electrons. The first-order valence-electron chi connectivity index (χ1n) is 2.05. The Kier molecular flexibility index (Phi) is 36.1. The molecule has 0 aromatic rings. The monoisotopic (exact) mass is 316 g/mol. The second-order valence-electron chi connectivity index (χ2n) is 1.15. The molecule has 0 heterocycles. The Morgan fingerprint density at radius 1 is 0.867 bits per heavy atom. The third kappa shape index (κ3) is 75.0. The van der Waals surface area contributed by atoms with E-state index in [0.29, 0.717) is 0 Å². The van der Waals surface area contributed by atoms with Gasteiger partial charge in [0.2, 0.25) is 0 Å². The van der Waals surface area contributed by atoms with E-state index in [0.717, 1.165) is 0 Å². The minimum absolute atomic E-state index is 0. The van der Waals surface area contributed by atoms with Gasteiger partial charge >= 0.3 is 113 Å². The van der Waals surface area contributed by atoms with Crippen molar-refractivity contribution in [2.75, 3.05) is 0 Å². The first kappa shape index (κ1) is 31.1. The molecular weight excluding hydrogens is 306 g/mol. The van der Waals surface area contributed by atoms with Gasteiger partial charge in [-0.15, -0.1) is 0 Å². The molecule has 2 unspecified atom stereocenters. The summed E-state index contributed by atoms with van der Waals surface area (Å²) < 4.78 is 31.2. The summed E-state index contributed by atoms with van der Waals surface area (Å²) in [5.74, 6) is 0. The van der Waals surface area contributed by atoms with E-state index in [9.17, 15) is 9.13 Å². The van der Waals surface area contributed by atoms with Crippen molar-refractivity contribution >= 4 is 113 Å². The zero-order chi connectivity index (χ0) is 10.4. The van der Waals surface area contributed by atoms with Gasteiger partial charge in [0, 0.05) is 0 Å². The summed E-state index contributed by atoms with van der Waals surface area (Å²) in [5.41, 5.74) is 0. The van der Waals surface area contributed by atoms with Gasteiger partial charge in [-0.3, -0.25) is 9.13 Å². The molecule has 2 atom stereocenters. The second kappa shape index (κ2) is 17.4. The maximum absolute atomic E-state index is 9.44. The molecule has 0 aromatic heterocycles. The molecule has 0 fully saturated rings. The van der Waals surface area contributed by atoms with E-state index < -0.39 is 24.3 Å². The molecule has 0 aliphatic carbocycles. The molecule has 0 saturated carbocycles. The summed E-state index contributed by atoms with van der Waals surface area (Å²) in [7, 11) is -11.0. The van der Waals surface area contributed by atoms with Crippen LogP contribution in [0.1, 0.15) is 0 Å². The van der Waals surface area contributed by atoms with Crippen LogP contribution in [0.2, 0.25) is 0 Å². The fourth-order valence-electron chi connectivity index (χ4n) is 0.0747. The SMILES string of the molecule is O=P(O)(O)O.O=[PH](O)O[PH](=O)O.[NaH].[NaH].[NaH]. The molecule has 15 heteroatoms. The van der Waals surface area contributed by atoms with Crippen LogP contribution in [-0.2, 0) is 18.0 Å². The van der Waals surface area contributed by atoms with E-state index in [1.165, 1.54) is 0 Å². The summed E-state index contributed by atoms with van der Waals surface area (Å²) in [6, 6.07) is 0. The Morgan fingerprint density at radius 2 is 1.00 bits per heavy atom. The molecule has 0 aliphatic heterocycles. The molecule has 5 N–H and O–H groups in total. The molecule has 0 bridgehead atoms. The fraction of sp³-hybridized carbons (Fsp3) is 0. The van der Waals surface area contributed by atoms with Gasteiger partial charge < -0.3 is 24.5 Å². The van der Waals surface area contributed by atoms with Crippen molar-refractivity contribution in [1.29, 1.82) is 0 Å². The third-order valence-corrected chi connectivity index (χ3v) is 1.57. The zero-order valence-corrected chi connectivity index (χ0v) is 8.21. The number of phosphoric acid groups is 1. The van der Waals surface area contributed by atoms with Crippen LogP contribution in [0.15, 0.2) is 0 Å². The third-order valence-electron chi connectivity index (χ3n) is 0.175. The number of hydrogen-bond donors (Lipinski definition) is 5. The van der Waals surface area contributed by atoms with Gasteiger partial charge in [-0.1, -0.05) is 0 Å². The molecule has 0 amide bonds. The van der Waals surface area contributed by atoms with Gasteiger partial charge in [-0.2, -0.15) is 0 Å². The minimum atomic E-state index is -4.64. The van der Waals surface area contributed by atoms with E-state index in [1.54, 1.807) is 0 Å². The summed E-state index contributed by atoms with van der Waals surface area (Å²) in [5, 5.41) is 0. The Hall–Kier alpha value is 3.45. The van der Waals surface area contributed by atoms with Crippen molar-refractivity contribution in [2.24, 2.45) is 0 Å². The van der Waals surface area contributed by atoms with Crippen molar-refractivity contribution in [3.63, 3.8) is 0 Å². The molecule has 0 spiro atoms. The van der Waals surface area contributed by atoms with Crippen LogP contribution in [0, 0.1) is 0 Å². The van der Waals surface area contributed by atoms with Crippen LogP contribution < -0.4 is 0 Å². The first-order chi connectivity index (χ1) is 5.13. The Labute approximate surface area is 153 Å². The van der Waals surface area contributed by atoms with Crippen LogP contribution in [0.4, 0.5) is 0 Å². The summed E-state index contributed by atoms with van der Waals surface area (Å²) >= 11 is 0. The average molecular weight is 316 g/mol. The van der Waals surface area contributed by atoms with E-state index in [-0.39, 0.29) is 88.7 Å². The Bertz CT molecular complexity index is 188. The topological polar surface area (TPSA) is 162 Å². The van der Waals surface area contributed by atoms with Crippen LogP contribution in [-0.4, -0.2) is 113 Å². The molecular formula is H10Na3O9P3. The van der Waals surface area contributed by atoms with Crippen molar-refractivity contribution in [1.82, 2.24) is 0 Å². The van der Waals surface area contributed by atoms with Crippen LogP contribution in [0.3, 0.4) is 0 Å². The molecule has 82 valence electrons. The molecule has 0 saturated heterocycles.